The standard InChI is InChI=1S/C23H28N4O/c1-3-12-27-17(2)16-24-22(27)15-18-10-13-26(14-11-18)23(28)21-9-8-19-6-4-5-7-20(19)25-21/h4-9,16,18H,3,10-15H2,1-2H3. The number of carbonyl (C=O) groups is 1. The third-order valence-corrected chi connectivity index (χ3v) is 5.78. The van der Waals surface area contributed by atoms with Crippen molar-refractivity contribution in [1.29, 1.82) is 0 Å². The predicted molar refractivity (Wildman–Crippen MR) is 111 cm³/mol. The number of aryl methyl sites for hydroxylation is 1. The summed E-state index contributed by atoms with van der Waals surface area (Å²) in [6.07, 6.45) is 6.16. The summed E-state index contributed by atoms with van der Waals surface area (Å²) in [5.74, 6) is 1.83. The van der Waals surface area contributed by atoms with Gasteiger partial charge in [0.05, 0.1) is 5.52 Å². The van der Waals surface area contributed by atoms with Gasteiger partial charge in [-0.25, -0.2) is 9.97 Å². The molecule has 146 valence electrons. The number of nitrogens with zero attached hydrogens (tertiary/aromatic N) is 4. The van der Waals surface area contributed by atoms with Crippen LogP contribution in [0.5, 0.6) is 0 Å². The van der Waals surface area contributed by atoms with Crippen LogP contribution in [-0.4, -0.2) is 38.4 Å². The summed E-state index contributed by atoms with van der Waals surface area (Å²) in [6.45, 7) is 6.96. The van der Waals surface area contributed by atoms with Crippen molar-refractivity contribution in [3.8, 4) is 0 Å². The van der Waals surface area contributed by atoms with Gasteiger partial charge in [-0.1, -0.05) is 31.2 Å². The Morgan fingerprint density at radius 1 is 1.14 bits per heavy atom. The van der Waals surface area contributed by atoms with E-state index in [-0.39, 0.29) is 5.91 Å². The Morgan fingerprint density at radius 3 is 2.71 bits per heavy atom. The van der Waals surface area contributed by atoms with Crippen LogP contribution in [0.15, 0.2) is 42.6 Å². The molecule has 28 heavy (non-hydrogen) atoms. The third kappa shape index (κ3) is 3.79. The molecule has 5 heteroatoms. The number of fused-ring (bicyclic) bond motifs is 1. The van der Waals surface area contributed by atoms with E-state index in [1.807, 2.05) is 47.5 Å². The molecule has 0 radical (unpaired) electrons. The van der Waals surface area contributed by atoms with E-state index in [2.05, 4.69) is 28.4 Å². The number of para-hydroxylation sites is 1. The van der Waals surface area contributed by atoms with Gasteiger partial charge in [-0.2, -0.15) is 0 Å². The Balaban J connectivity index is 1.39. The topological polar surface area (TPSA) is 51.0 Å². The molecule has 2 aromatic heterocycles. The summed E-state index contributed by atoms with van der Waals surface area (Å²) in [5.41, 5.74) is 2.67. The molecule has 5 nitrogen and oxygen atoms in total. The molecule has 4 rings (SSSR count). The molecule has 1 aromatic carbocycles. The van der Waals surface area contributed by atoms with Gasteiger partial charge in [-0.3, -0.25) is 4.79 Å². The normalized spacial score (nSPS) is 15.3. The Hall–Kier alpha value is -2.69. The number of carbonyl (C=O) groups excluding carboxylic acids is 1. The SMILES string of the molecule is CCCn1c(C)cnc1CC1CCN(C(=O)c2ccc3ccccc3n2)CC1. The molecule has 0 N–H and O–H groups in total. The van der Waals surface area contributed by atoms with Crippen molar-refractivity contribution in [3.05, 3.63) is 59.8 Å². The molecule has 0 atom stereocenters. The van der Waals surface area contributed by atoms with Crippen molar-refractivity contribution in [2.75, 3.05) is 13.1 Å². The first kappa shape index (κ1) is 18.7. The summed E-state index contributed by atoms with van der Waals surface area (Å²) in [6, 6.07) is 11.8. The molecule has 1 amide bonds. The lowest BCUT2D eigenvalue weighted by Crippen LogP contribution is -2.39. The average Bonchev–Trinajstić information content (AvgIpc) is 3.07. The molecular formula is C23H28N4O. The maximum absolute atomic E-state index is 12.9. The zero-order valence-electron chi connectivity index (χ0n) is 16.8. The van der Waals surface area contributed by atoms with Crippen LogP contribution in [0.3, 0.4) is 0 Å². The van der Waals surface area contributed by atoms with Gasteiger partial charge >= 0.3 is 0 Å². The van der Waals surface area contributed by atoms with E-state index in [1.165, 1.54) is 11.5 Å². The Bertz CT molecular complexity index is 970. The number of likely N-dealkylation sites (tertiary alicyclic amines) is 1. The van der Waals surface area contributed by atoms with Crippen LogP contribution in [0.25, 0.3) is 10.9 Å². The van der Waals surface area contributed by atoms with Crippen LogP contribution in [0, 0.1) is 12.8 Å². The van der Waals surface area contributed by atoms with E-state index in [0.29, 0.717) is 11.6 Å². The fourth-order valence-corrected chi connectivity index (χ4v) is 4.15. The van der Waals surface area contributed by atoms with Crippen LogP contribution in [0.4, 0.5) is 0 Å². The van der Waals surface area contributed by atoms with Gasteiger partial charge in [0.15, 0.2) is 0 Å². The van der Waals surface area contributed by atoms with E-state index in [0.717, 1.165) is 56.2 Å². The van der Waals surface area contributed by atoms with Gasteiger partial charge in [-0.15, -0.1) is 0 Å². The average molecular weight is 377 g/mol. The van der Waals surface area contributed by atoms with Crippen molar-refractivity contribution in [3.63, 3.8) is 0 Å². The molecule has 1 fully saturated rings. The number of amides is 1. The first-order chi connectivity index (χ1) is 13.7. The van der Waals surface area contributed by atoms with E-state index in [1.54, 1.807) is 0 Å². The molecule has 3 aromatic rings. The molecular weight excluding hydrogens is 348 g/mol. The van der Waals surface area contributed by atoms with Gasteiger partial charge in [0.2, 0.25) is 0 Å². The summed E-state index contributed by atoms with van der Waals surface area (Å²) in [7, 11) is 0. The molecule has 0 saturated carbocycles. The second kappa shape index (κ2) is 8.13. The highest BCUT2D eigenvalue weighted by Gasteiger charge is 2.25. The lowest BCUT2D eigenvalue weighted by atomic mass is 9.93. The Kier molecular flexibility index (Phi) is 5.42. The fraction of sp³-hybridized carbons (Fsp3) is 0.435. The summed E-state index contributed by atoms with van der Waals surface area (Å²) < 4.78 is 2.34. The quantitative estimate of drug-likeness (QED) is 0.669. The van der Waals surface area contributed by atoms with Crippen molar-refractivity contribution in [2.24, 2.45) is 5.92 Å². The van der Waals surface area contributed by atoms with Crippen molar-refractivity contribution < 1.29 is 4.79 Å². The fourth-order valence-electron chi connectivity index (χ4n) is 4.15. The van der Waals surface area contributed by atoms with Gasteiger partial charge < -0.3 is 9.47 Å². The first-order valence-corrected chi connectivity index (χ1v) is 10.3. The highest BCUT2D eigenvalue weighted by molar-refractivity contribution is 5.94. The molecule has 1 aliphatic rings. The minimum Gasteiger partial charge on any atom is -0.337 e. The predicted octanol–water partition coefficient (Wildman–Crippen LogP) is 4.24. The van der Waals surface area contributed by atoms with E-state index < -0.39 is 0 Å². The summed E-state index contributed by atoms with van der Waals surface area (Å²) in [4.78, 5) is 24.1. The molecule has 0 bridgehead atoms. The van der Waals surface area contributed by atoms with Gasteiger partial charge in [0, 0.05) is 43.3 Å². The van der Waals surface area contributed by atoms with Gasteiger partial charge in [0.1, 0.15) is 11.5 Å². The van der Waals surface area contributed by atoms with Crippen LogP contribution in [-0.2, 0) is 13.0 Å². The number of imidazole rings is 1. The molecule has 3 heterocycles. The summed E-state index contributed by atoms with van der Waals surface area (Å²) in [5, 5.41) is 1.07. The van der Waals surface area contributed by atoms with Crippen LogP contribution in [0.1, 0.15) is 48.2 Å². The number of rotatable bonds is 5. The number of hydrogen-bond donors (Lipinski definition) is 0. The second-order valence-corrected chi connectivity index (χ2v) is 7.80. The van der Waals surface area contributed by atoms with Crippen molar-refractivity contribution >= 4 is 16.8 Å². The monoisotopic (exact) mass is 376 g/mol. The summed E-state index contributed by atoms with van der Waals surface area (Å²) >= 11 is 0. The smallest absolute Gasteiger partial charge is 0.272 e. The number of hydrogen-bond acceptors (Lipinski definition) is 3. The van der Waals surface area contributed by atoms with Crippen LogP contribution >= 0.6 is 0 Å². The van der Waals surface area contributed by atoms with E-state index >= 15 is 0 Å². The van der Waals surface area contributed by atoms with E-state index in [4.69, 9.17) is 0 Å². The highest BCUT2D eigenvalue weighted by atomic mass is 16.2. The highest BCUT2D eigenvalue weighted by Crippen LogP contribution is 2.23. The van der Waals surface area contributed by atoms with Gasteiger partial charge in [0.25, 0.3) is 5.91 Å². The lowest BCUT2D eigenvalue weighted by molar-refractivity contribution is 0.0684. The molecule has 0 unspecified atom stereocenters. The minimum absolute atomic E-state index is 0.0486. The second-order valence-electron chi connectivity index (χ2n) is 7.80. The molecule has 1 saturated heterocycles. The van der Waals surface area contributed by atoms with Crippen LogP contribution in [0.2, 0.25) is 0 Å². The molecule has 1 aliphatic heterocycles. The number of aromatic nitrogens is 3. The third-order valence-electron chi connectivity index (χ3n) is 5.78. The first-order valence-electron chi connectivity index (χ1n) is 10.3. The van der Waals surface area contributed by atoms with Crippen molar-refractivity contribution in [2.45, 2.75) is 46.1 Å². The zero-order valence-corrected chi connectivity index (χ0v) is 16.8. The molecule has 0 spiro atoms. The number of pyridine rings is 1. The number of piperidine rings is 1. The zero-order chi connectivity index (χ0) is 19.5. The van der Waals surface area contributed by atoms with Gasteiger partial charge in [-0.05, 0) is 44.2 Å². The minimum atomic E-state index is 0.0486. The largest absolute Gasteiger partial charge is 0.337 e. The van der Waals surface area contributed by atoms with E-state index in [9.17, 15) is 4.79 Å². The van der Waals surface area contributed by atoms with Crippen molar-refractivity contribution in [1.82, 2.24) is 19.4 Å². The Labute approximate surface area is 166 Å². The van der Waals surface area contributed by atoms with Crippen LogP contribution < -0.4 is 0 Å². The molecule has 0 aliphatic carbocycles. The Morgan fingerprint density at radius 2 is 1.93 bits per heavy atom. The lowest BCUT2D eigenvalue weighted by Gasteiger charge is -2.32. The maximum atomic E-state index is 12.9. The maximum Gasteiger partial charge on any atom is 0.272 e. The number of benzene rings is 1.